The molecule has 0 aliphatic heterocycles. The van der Waals surface area contributed by atoms with Crippen LogP contribution in [0.2, 0.25) is 19.6 Å². The van der Waals surface area contributed by atoms with Gasteiger partial charge in [0.05, 0.1) is 0 Å². The van der Waals surface area contributed by atoms with Gasteiger partial charge in [-0.15, -0.1) is 0 Å². The van der Waals surface area contributed by atoms with Crippen molar-refractivity contribution in [1.82, 2.24) is 0 Å². The molecule has 0 amide bonds. The van der Waals surface area contributed by atoms with Crippen LogP contribution in [0.25, 0.3) is 0 Å². The topological polar surface area (TPSA) is 35.3 Å². The zero-order valence-electron chi connectivity index (χ0n) is 7.26. The van der Waals surface area contributed by atoms with Gasteiger partial charge in [-0.05, 0) is 0 Å². The van der Waals surface area contributed by atoms with E-state index in [1.165, 1.54) is 0 Å². The molecule has 0 N–H and O–H groups in total. The molecule has 0 rings (SSSR count). The fourth-order valence-electron chi connectivity index (χ4n) is 0.340. The lowest BCUT2D eigenvalue weighted by Gasteiger charge is -2.19. The summed E-state index contributed by atoms with van der Waals surface area (Å²) in [6.45, 7) is 9.38. The predicted molar refractivity (Wildman–Crippen MR) is 44.4 cm³/mol. The van der Waals surface area contributed by atoms with Crippen molar-refractivity contribution in [2.24, 2.45) is 0 Å². The maximum absolute atomic E-state index is 10.9. The standard InChI is InChI=1S/C6H15NO2Si/c1-6(2)7(8)9-10(3,4)5/h1-5H3. The van der Waals surface area contributed by atoms with Crippen LogP contribution in [0, 0.1) is 5.21 Å². The predicted octanol–water partition coefficient (Wildman–Crippen LogP) is 1.74. The van der Waals surface area contributed by atoms with E-state index in [-0.39, 0.29) is 0 Å². The first-order chi connectivity index (χ1) is 4.33. The minimum Gasteiger partial charge on any atom is -0.443 e. The highest BCUT2D eigenvalue weighted by Crippen LogP contribution is 2.02. The Morgan fingerprint density at radius 1 is 1.30 bits per heavy atom. The molecule has 0 aliphatic carbocycles. The molecular formula is C6H15NO2Si. The fraction of sp³-hybridized carbons (Fsp3) is 0.833. The third kappa shape index (κ3) is 4.37. The van der Waals surface area contributed by atoms with E-state index >= 15 is 0 Å². The Hall–Kier alpha value is -0.513. The minimum atomic E-state index is -1.69. The second-order valence-electron chi connectivity index (χ2n) is 3.41. The van der Waals surface area contributed by atoms with Gasteiger partial charge in [-0.25, -0.2) is 0 Å². The summed E-state index contributed by atoms with van der Waals surface area (Å²) in [5.74, 6) is 0. The molecule has 60 valence electrons. The summed E-state index contributed by atoms with van der Waals surface area (Å²) in [6.07, 6.45) is 0. The third-order valence-electron chi connectivity index (χ3n) is 0.722. The Kier molecular flexibility index (Phi) is 2.89. The minimum absolute atomic E-state index is 0.603. The van der Waals surface area contributed by atoms with Crippen LogP contribution in [-0.4, -0.2) is 18.9 Å². The molecule has 3 nitrogen and oxygen atoms in total. The van der Waals surface area contributed by atoms with Crippen LogP contribution in [0.1, 0.15) is 13.8 Å². The van der Waals surface area contributed by atoms with E-state index in [2.05, 4.69) is 0 Å². The van der Waals surface area contributed by atoms with E-state index in [1.807, 2.05) is 19.6 Å². The van der Waals surface area contributed by atoms with Crippen LogP contribution in [0.5, 0.6) is 0 Å². The quantitative estimate of drug-likeness (QED) is 0.268. The summed E-state index contributed by atoms with van der Waals surface area (Å²) in [4.78, 5) is 0.603. The molecule has 0 fully saturated rings. The van der Waals surface area contributed by atoms with Crippen LogP contribution in [0.15, 0.2) is 0 Å². The van der Waals surface area contributed by atoms with E-state index in [0.717, 1.165) is 0 Å². The maximum Gasteiger partial charge on any atom is 0.215 e. The molecule has 0 aromatic heterocycles. The van der Waals surface area contributed by atoms with Crippen molar-refractivity contribution in [2.45, 2.75) is 33.5 Å². The lowest BCUT2D eigenvalue weighted by atomic mass is 10.5. The monoisotopic (exact) mass is 161 g/mol. The molecule has 0 bridgehead atoms. The number of hydrogen-bond acceptors (Lipinski definition) is 2. The highest BCUT2D eigenvalue weighted by molar-refractivity contribution is 6.69. The largest absolute Gasteiger partial charge is 0.443 e. The van der Waals surface area contributed by atoms with Gasteiger partial charge < -0.3 is 4.53 Å². The van der Waals surface area contributed by atoms with Gasteiger partial charge >= 0.3 is 0 Å². The first-order valence-corrected chi connectivity index (χ1v) is 6.70. The van der Waals surface area contributed by atoms with Crippen molar-refractivity contribution in [1.29, 1.82) is 0 Å². The highest BCUT2D eigenvalue weighted by atomic mass is 28.4. The first-order valence-electron chi connectivity index (χ1n) is 3.29. The Bertz CT molecular complexity index is 144. The lowest BCUT2D eigenvalue weighted by Crippen LogP contribution is -2.31. The van der Waals surface area contributed by atoms with Gasteiger partial charge in [-0.1, -0.05) is 19.6 Å². The number of nitrogens with zero attached hydrogens (tertiary/aromatic N) is 1. The van der Waals surface area contributed by atoms with Crippen molar-refractivity contribution in [3.05, 3.63) is 5.21 Å². The summed E-state index contributed by atoms with van der Waals surface area (Å²) < 4.78 is 5.08. The first kappa shape index (κ1) is 9.49. The van der Waals surface area contributed by atoms with Gasteiger partial charge in [-0.2, -0.15) is 0 Å². The van der Waals surface area contributed by atoms with E-state index in [9.17, 15) is 5.21 Å². The van der Waals surface area contributed by atoms with Crippen molar-refractivity contribution in [3.8, 4) is 0 Å². The zero-order valence-corrected chi connectivity index (χ0v) is 8.26. The number of rotatable bonds is 2. The molecule has 0 atom stereocenters. The van der Waals surface area contributed by atoms with E-state index in [0.29, 0.717) is 10.6 Å². The SMILES string of the molecule is CC(C)=[N+]([O-])O[Si](C)(C)C. The summed E-state index contributed by atoms with van der Waals surface area (Å²) >= 11 is 0. The van der Waals surface area contributed by atoms with Crippen LogP contribution in [0.3, 0.4) is 0 Å². The Morgan fingerprint density at radius 2 is 1.70 bits per heavy atom. The molecule has 0 radical (unpaired) electrons. The molecule has 10 heavy (non-hydrogen) atoms. The summed E-state index contributed by atoms with van der Waals surface area (Å²) in [7, 11) is -1.69. The van der Waals surface area contributed by atoms with Gasteiger partial charge in [-0.3, -0.25) is 5.21 Å². The summed E-state index contributed by atoms with van der Waals surface area (Å²) in [6, 6.07) is 0. The highest BCUT2D eigenvalue weighted by Gasteiger charge is 2.14. The van der Waals surface area contributed by atoms with Gasteiger partial charge in [0.1, 0.15) is 0 Å². The summed E-state index contributed by atoms with van der Waals surface area (Å²) in [5, 5.41) is 10.9. The summed E-state index contributed by atoms with van der Waals surface area (Å²) in [5.41, 5.74) is 0.641. The lowest BCUT2D eigenvalue weighted by molar-refractivity contribution is -0.704. The van der Waals surface area contributed by atoms with E-state index in [1.54, 1.807) is 13.8 Å². The van der Waals surface area contributed by atoms with Crippen molar-refractivity contribution in [2.75, 3.05) is 0 Å². The molecule has 0 saturated carbocycles. The normalized spacial score (nSPS) is 10.9. The van der Waals surface area contributed by atoms with Crippen LogP contribution >= 0.6 is 0 Å². The van der Waals surface area contributed by atoms with Gasteiger partial charge in [0.25, 0.3) is 0 Å². The molecule has 0 saturated heterocycles. The second kappa shape index (κ2) is 3.05. The van der Waals surface area contributed by atoms with Gasteiger partial charge in [0.15, 0.2) is 8.32 Å². The molecule has 0 heterocycles. The maximum atomic E-state index is 10.9. The molecule has 0 aromatic rings. The fourth-order valence-corrected chi connectivity index (χ4v) is 1.02. The smallest absolute Gasteiger partial charge is 0.215 e. The zero-order chi connectivity index (χ0) is 8.36. The van der Waals surface area contributed by atoms with Crippen LogP contribution < -0.4 is 0 Å². The second-order valence-corrected chi connectivity index (χ2v) is 7.82. The average Bonchev–Trinajstić information content (AvgIpc) is 1.60. The van der Waals surface area contributed by atoms with Crippen molar-refractivity contribution < 1.29 is 9.43 Å². The third-order valence-corrected chi connectivity index (χ3v) is 1.44. The molecule has 0 aliphatic rings. The van der Waals surface area contributed by atoms with Gasteiger partial charge in [0, 0.05) is 18.7 Å². The molecule has 4 heteroatoms. The van der Waals surface area contributed by atoms with Crippen LogP contribution in [-0.2, 0) is 4.53 Å². The van der Waals surface area contributed by atoms with E-state index in [4.69, 9.17) is 4.53 Å². The Morgan fingerprint density at radius 3 is 1.80 bits per heavy atom. The van der Waals surface area contributed by atoms with Crippen molar-refractivity contribution in [3.63, 3.8) is 0 Å². The molecule has 0 aromatic carbocycles. The Labute approximate surface area is 63.0 Å². The van der Waals surface area contributed by atoms with Crippen LogP contribution in [0.4, 0.5) is 0 Å². The van der Waals surface area contributed by atoms with Gasteiger partial charge in [0.2, 0.25) is 5.71 Å². The van der Waals surface area contributed by atoms with Crippen molar-refractivity contribution >= 4 is 14.0 Å². The number of hydrogen-bond donors (Lipinski definition) is 0. The molecular weight excluding hydrogens is 146 g/mol. The van der Waals surface area contributed by atoms with E-state index < -0.39 is 8.32 Å². The Balaban J connectivity index is 4.06. The molecule has 0 spiro atoms. The average molecular weight is 161 g/mol. The molecule has 0 unspecified atom stereocenters.